The average Bonchev–Trinajstić information content (AvgIpc) is 2.53. The molecule has 1 aliphatic rings. The van der Waals surface area contributed by atoms with E-state index in [-0.39, 0.29) is 5.91 Å². The van der Waals surface area contributed by atoms with Crippen molar-refractivity contribution in [3.8, 4) is 0 Å². The highest BCUT2D eigenvalue weighted by Crippen LogP contribution is 2.23. The van der Waals surface area contributed by atoms with E-state index < -0.39 is 0 Å². The van der Waals surface area contributed by atoms with Crippen molar-refractivity contribution < 1.29 is 4.79 Å². The molecule has 0 aromatic heterocycles. The maximum atomic E-state index is 11.5. The van der Waals surface area contributed by atoms with Crippen LogP contribution in [0, 0.1) is 0 Å². The van der Waals surface area contributed by atoms with Gasteiger partial charge in [-0.2, -0.15) is 0 Å². The highest BCUT2D eigenvalue weighted by atomic mass is 79.9. The summed E-state index contributed by atoms with van der Waals surface area (Å²) in [5.41, 5.74) is 3.92. The lowest BCUT2D eigenvalue weighted by atomic mass is 10.0. The average molecular weight is 355 g/mol. The van der Waals surface area contributed by atoms with Crippen molar-refractivity contribution in [1.82, 2.24) is 15.6 Å². The molecule has 1 saturated heterocycles. The summed E-state index contributed by atoms with van der Waals surface area (Å²) in [6, 6.07) is 6.28. The molecule has 0 radical (unpaired) electrons. The van der Waals surface area contributed by atoms with E-state index in [1.165, 1.54) is 18.4 Å². The minimum absolute atomic E-state index is 0.270. The number of nitrogen functional groups attached to an aromatic ring is 1. The van der Waals surface area contributed by atoms with Gasteiger partial charge < -0.3 is 5.32 Å². The fourth-order valence-electron chi connectivity index (χ4n) is 2.79. The zero-order chi connectivity index (χ0) is 15.2. The highest BCUT2D eigenvalue weighted by molar-refractivity contribution is 9.10. The van der Waals surface area contributed by atoms with Gasteiger partial charge in [-0.25, -0.2) is 5.84 Å². The predicted molar refractivity (Wildman–Crippen MR) is 87.8 cm³/mol. The molecule has 0 bridgehead atoms. The van der Waals surface area contributed by atoms with Crippen LogP contribution < -0.4 is 16.6 Å². The van der Waals surface area contributed by atoms with Gasteiger partial charge in [-0.15, -0.1) is 0 Å². The van der Waals surface area contributed by atoms with Gasteiger partial charge in [-0.1, -0.05) is 28.9 Å². The van der Waals surface area contributed by atoms with Crippen LogP contribution in [0.4, 0.5) is 0 Å². The Morgan fingerprint density at radius 2 is 2.19 bits per heavy atom. The lowest BCUT2D eigenvalue weighted by molar-refractivity contribution is 0.0953. The molecular weight excluding hydrogens is 332 g/mol. The molecule has 1 aromatic carbocycles. The SMILES string of the molecule is CCN(Cc1ccc(C(=O)NN)cc1Br)C1CCNCC1. The number of hydrogen-bond donors (Lipinski definition) is 3. The third-order valence-corrected chi connectivity index (χ3v) is 4.79. The molecule has 1 fully saturated rings. The molecule has 0 atom stereocenters. The molecule has 0 unspecified atom stereocenters. The second kappa shape index (κ2) is 7.89. The van der Waals surface area contributed by atoms with E-state index in [9.17, 15) is 4.79 Å². The van der Waals surface area contributed by atoms with Gasteiger partial charge in [0.15, 0.2) is 0 Å². The first-order chi connectivity index (χ1) is 10.2. The van der Waals surface area contributed by atoms with Gasteiger partial charge >= 0.3 is 0 Å². The van der Waals surface area contributed by atoms with E-state index in [0.29, 0.717) is 11.6 Å². The normalized spacial score (nSPS) is 16.2. The van der Waals surface area contributed by atoms with Gasteiger partial charge in [0.25, 0.3) is 5.91 Å². The van der Waals surface area contributed by atoms with Crippen LogP contribution in [-0.2, 0) is 6.54 Å². The third kappa shape index (κ3) is 4.26. The summed E-state index contributed by atoms with van der Waals surface area (Å²) in [6.07, 6.45) is 2.39. The predicted octanol–water partition coefficient (Wildman–Crippen LogP) is 1.63. The van der Waals surface area contributed by atoms with Crippen LogP contribution in [-0.4, -0.2) is 36.5 Å². The molecule has 0 spiro atoms. The van der Waals surface area contributed by atoms with E-state index >= 15 is 0 Å². The molecule has 6 heteroatoms. The van der Waals surface area contributed by atoms with Gasteiger partial charge in [0.2, 0.25) is 0 Å². The molecule has 116 valence electrons. The maximum absolute atomic E-state index is 11.5. The van der Waals surface area contributed by atoms with E-state index in [1.54, 1.807) is 0 Å². The molecule has 1 aliphatic heterocycles. The first-order valence-electron chi connectivity index (χ1n) is 7.39. The fraction of sp³-hybridized carbons (Fsp3) is 0.533. The molecule has 1 heterocycles. The summed E-state index contributed by atoms with van der Waals surface area (Å²) >= 11 is 3.57. The maximum Gasteiger partial charge on any atom is 0.265 e. The van der Waals surface area contributed by atoms with Gasteiger partial charge in [0.05, 0.1) is 0 Å². The number of benzene rings is 1. The quantitative estimate of drug-likeness (QED) is 0.427. The third-order valence-electron chi connectivity index (χ3n) is 4.05. The smallest absolute Gasteiger partial charge is 0.265 e. The zero-order valence-corrected chi connectivity index (χ0v) is 13.9. The molecule has 1 amide bonds. The summed E-state index contributed by atoms with van der Waals surface area (Å²) in [5, 5.41) is 3.40. The van der Waals surface area contributed by atoms with Crippen molar-refractivity contribution >= 4 is 21.8 Å². The molecule has 21 heavy (non-hydrogen) atoms. The van der Waals surface area contributed by atoms with Crippen LogP contribution >= 0.6 is 15.9 Å². The van der Waals surface area contributed by atoms with Crippen molar-refractivity contribution in [2.45, 2.75) is 32.4 Å². The molecule has 5 nitrogen and oxygen atoms in total. The molecular formula is C15H23BrN4O. The number of hydrazine groups is 1. The number of nitrogens with one attached hydrogen (secondary N) is 2. The number of nitrogens with two attached hydrogens (primary N) is 1. The topological polar surface area (TPSA) is 70.4 Å². The molecule has 4 N–H and O–H groups in total. The van der Waals surface area contributed by atoms with E-state index in [4.69, 9.17) is 5.84 Å². The van der Waals surface area contributed by atoms with Crippen LogP contribution in [0.2, 0.25) is 0 Å². The van der Waals surface area contributed by atoms with Gasteiger partial charge in [0, 0.05) is 22.6 Å². The standard InChI is InChI=1S/C15H23BrN4O/c1-2-20(13-5-7-18-8-6-13)10-12-4-3-11(9-14(12)16)15(21)19-17/h3-4,9,13,18H,2,5-8,10,17H2,1H3,(H,19,21). The lowest BCUT2D eigenvalue weighted by Gasteiger charge is -2.34. The Kier molecular flexibility index (Phi) is 6.17. The number of nitrogens with zero attached hydrogens (tertiary/aromatic N) is 1. The lowest BCUT2D eigenvalue weighted by Crippen LogP contribution is -2.42. The number of piperidine rings is 1. The van der Waals surface area contributed by atoms with Crippen LogP contribution in [0.5, 0.6) is 0 Å². The van der Waals surface area contributed by atoms with Crippen molar-refractivity contribution in [2.75, 3.05) is 19.6 Å². The van der Waals surface area contributed by atoms with Crippen LogP contribution in [0.15, 0.2) is 22.7 Å². The van der Waals surface area contributed by atoms with Crippen molar-refractivity contribution in [1.29, 1.82) is 0 Å². The highest BCUT2D eigenvalue weighted by Gasteiger charge is 2.20. The summed E-state index contributed by atoms with van der Waals surface area (Å²) in [7, 11) is 0. The number of hydrogen-bond acceptors (Lipinski definition) is 4. The van der Waals surface area contributed by atoms with Crippen molar-refractivity contribution in [2.24, 2.45) is 5.84 Å². The summed E-state index contributed by atoms with van der Waals surface area (Å²) in [5.74, 6) is 4.89. The Morgan fingerprint density at radius 3 is 2.76 bits per heavy atom. The largest absolute Gasteiger partial charge is 0.317 e. The molecule has 0 aliphatic carbocycles. The number of halogens is 1. The number of amides is 1. The minimum atomic E-state index is -0.270. The Bertz CT molecular complexity index is 489. The van der Waals surface area contributed by atoms with Crippen LogP contribution in [0.25, 0.3) is 0 Å². The summed E-state index contributed by atoms with van der Waals surface area (Å²) in [4.78, 5) is 14.0. The van der Waals surface area contributed by atoms with E-state index in [2.05, 4.69) is 38.5 Å². The summed E-state index contributed by atoms with van der Waals surface area (Å²) in [6.45, 7) is 6.32. The van der Waals surface area contributed by atoms with Crippen LogP contribution in [0.1, 0.15) is 35.7 Å². The first kappa shape index (κ1) is 16.4. The van der Waals surface area contributed by atoms with Crippen molar-refractivity contribution in [3.63, 3.8) is 0 Å². The Morgan fingerprint density at radius 1 is 1.48 bits per heavy atom. The second-order valence-corrected chi connectivity index (χ2v) is 6.18. The Balaban J connectivity index is 2.08. The van der Waals surface area contributed by atoms with Gasteiger partial charge in [-0.05, 0) is 50.2 Å². The molecule has 2 rings (SSSR count). The Hall–Kier alpha value is -0.950. The number of rotatable bonds is 5. The second-order valence-electron chi connectivity index (χ2n) is 5.32. The van der Waals surface area contributed by atoms with E-state index in [1.807, 2.05) is 18.2 Å². The minimum Gasteiger partial charge on any atom is -0.317 e. The monoisotopic (exact) mass is 354 g/mol. The Labute approximate surface area is 134 Å². The zero-order valence-electron chi connectivity index (χ0n) is 12.4. The van der Waals surface area contributed by atoms with Gasteiger partial charge in [-0.3, -0.25) is 15.1 Å². The van der Waals surface area contributed by atoms with Crippen molar-refractivity contribution in [3.05, 3.63) is 33.8 Å². The molecule has 0 saturated carbocycles. The van der Waals surface area contributed by atoms with E-state index in [0.717, 1.165) is 30.7 Å². The fourth-order valence-corrected chi connectivity index (χ4v) is 3.29. The first-order valence-corrected chi connectivity index (χ1v) is 8.19. The molecule has 1 aromatic rings. The van der Waals surface area contributed by atoms with Gasteiger partial charge in [0.1, 0.15) is 0 Å². The number of carbonyl (C=O) groups is 1. The summed E-state index contributed by atoms with van der Waals surface area (Å²) < 4.78 is 0.955. The van der Waals surface area contributed by atoms with Crippen LogP contribution in [0.3, 0.4) is 0 Å². The number of carbonyl (C=O) groups excluding carboxylic acids is 1.